The number of rotatable bonds is 5. The summed E-state index contributed by atoms with van der Waals surface area (Å²) in [5.41, 5.74) is 5.76. The Morgan fingerprint density at radius 3 is 2.87 bits per heavy atom. The summed E-state index contributed by atoms with van der Waals surface area (Å²) in [6.45, 7) is 2.58. The SMILES string of the molecule is Cn1nc2c(c1CN1CCCC1Cn1nc(-c3cccnc3)ccc1=O)CCCC2. The van der Waals surface area contributed by atoms with Crippen molar-refractivity contribution in [2.75, 3.05) is 6.54 Å². The molecule has 0 spiro atoms. The third kappa shape index (κ3) is 3.69. The van der Waals surface area contributed by atoms with Crippen LogP contribution in [0.4, 0.5) is 0 Å². The predicted molar refractivity (Wildman–Crippen MR) is 115 cm³/mol. The summed E-state index contributed by atoms with van der Waals surface area (Å²) in [7, 11) is 2.07. The number of pyridine rings is 1. The Morgan fingerprint density at radius 1 is 1.10 bits per heavy atom. The number of hydrogen-bond acceptors (Lipinski definition) is 5. The van der Waals surface area contributed by atoms with E-state index in [-0.39, 0.29) is 5.56 Å². The summed E-state index contributed by atoms with van der Waals surface area (Å²) in [6, 6.07) is 7.57. The van der Waals surface area contributed by atoms with Crippen molar-refractivity contribution in [1.82, 2.24) is 29.4 Å². The van der Waals surface area contributed by atoms with E-state index in [1.807, 2.05) is 12.1 Å². The number of fused-ring (bicyclic) bond motifs is 1. The molecule has 156 valence electrons. The van der Waals surface area contributed by atoms with Gasteiger partial charge in [-0.25, -0.2) is 4.68 Å². The molecule has 0 N–H and O–H groups in total. The Hall–Kier alpha value is -2.80. The van der Waals surface area contributed by atoms with E-state index in [0.29, 0.717) is 12.6 Å². The van der Waals surface area contributed by atoms with Gasteiger partial charge in [-0.3, -0.25) is 19.4 Å². The van der Waals surface area contributed by atoms with E-state index in [1.165, 1.54) is 29.8 Å². The van der Waals surface area contributed by atoms with E-state index in [2.05, 4.69) is 26.7 Å². The first-order chi connectivity index (χ1) is 14.7. The molecule has 5 rings (SSSR count). The fraction of sp³-hybridized carbons (Fsp3) is 0.478. The maximum atomic E-state index is 12.5. The summed E-state index contributed by atoms with van der Waals surface area (Å²) < 4.78 is 3.71. The lowest BCUT2D eigenvalue weighted by Crippen LogP contribution is -2.37. The molecule has 3 aromatic rings. The van der Waals surface area contributed by atoms with E-state index in [1.54, 1.807) is 29.2 Å². The lowest BCUT2D eigenvalue weighted by Gasteiger charge is -2.25. The van der Waals surface area contributed by atoms with Gasteiger partial charge in [0.15, 0.2) is 0 Å². The number of hydrogen-bond donors (Lipinski definition) is 0. The van der Waals surface area contributed by atoms with Crippen molar-refractivity contribution in [3.63, 3.8) is 0 Å². The second-order valence-electron chi connectivity index (χ2n) is 8.45. The molecule has 1 atom stereocenters. The van der Waals surface area contributed by atoms with Crippen LogP contribution in [0.15, 0.2) is 41.5 Å². The molecule has 0 aromatic carbocycles. The Kier molecular flexibility index (Phi) is 5.21. The van der Waals surface area contributed by atoms with Crippen molar-refractivity contribution in [3.8, 4) is 11.3 Å². The van der Waals surface area contributed by atoms with E-state index >= 15 is 0 Å². The standard InChI is InChI=1S/C23H28N6O/c1-27-22(19-8-2-3-9-21(19)25-27)16-28-13-5-7-18(28)15-29-23(30)11-10-20(26-29)17-6-4-12-24-14-17/h4,6,10-12,14,18H,2-3,5,7-9,13,15-16H2,1H3. The largest absolute Gasteiger partial charge is 0.293 e. The topological polar surface area (TPSA) is 68.8 Å². The third-order valence-electron chi connectivity index (χ3n) is 6.51. The van der Waals surface area contributed by atoms with E-state index in [0.717, 1.165) is 50.0 Å². The van der Waals surface area contributed by atoms with Crippen molar-refractivity contribution < 1.29 is 0 Å². The molecule has 0 radical (unpaired) electrons. The fourth-order valence-electron chi connectivity index (χ4n) is 4.90. The van der Waals surface area contributed by atoms with Crippen molar-refractivity contribution >= 4 is 0 Å². The molecule has 1 fully saturated rings. The minimum atomic E-state index is -0.0487. The predicted octanol–water partition coefficient (Wildman–Crippen LogP) is 2.58. The van der Waals surface area contributed by atoms with Crippen LogP contribution in [0, 0.1) is 0 Å². The molecule has 30 heavy (non-hydrogen) atoms. The van der Waals surface area contributed by atoms with Crippen LogP contribution in [0.5, 0.6) is 0 Å². The monoisotopic (exact) mass is 404 g/mol. The Labute approximate surface area is 176 Å². The van der Waals surface area contributed by atoms with Gasteiger partial charge in [0.25, 0.3) is 5.56 Å². The van der Waals surface area contributed by atoms with Crippen molar-refractivity contribution in [3.05, 3.63) is 64.0 Å². The average molecular weight is 405 g/mol. The van der Waals surface area contributed by atoms with Crippen molar-refractivity contribution in [2.24, 2.45) is 7.05 Å². The van der Waals surface area contributed by atoms with Gasteiger partial charge >= 0.3 is 0 Å². The highest BCUT2D eigenvalue weighted by atomic mass is 16.1. The summed E-state index contributed by atoms with van der Waals surface area (Å²) in [5.74, 6) is 0. The zero-order chi connectivity index (χ0) is 20.5. The zero-order valence-electron chi connectivity index (χ0n) is 17.5. The minimum Gasteiger partial charge on any atom is -0.293 e. The van der Waals surface area contributed by atoms with E-state index < -0.39 is 0 Å². The highest BCUT2D eigenvalue weighted by Crippen LogP contribution is 2.27. The molecule has 0 saturated carbocycles. The van der Waals surface area contributed by atoms with Crippen LogP contribution in [0.3, 0.4) is 0 Å². The Balaban J connectivity index is 1.37. The quantitative estimate of drug-likeness (QED) is 0.654. The number of likely N-dealkylation sites (tertiary alicyclic amines) is 1. The van der Waals surface area contributed by atoms with Crippen LogP contribution in [-0.4, -0.2) is 42.0 Å². The molecule has 3 aromatic heterocycles. The normalized spacial score (nSPS) is 19.2. The lowest BCUT2D eigenvalue weighted by atomic mass is 9.95. The second-order valence-corrected chi connectivity index (χ2v) is 8.45. The average Bonchev–Trinajstić information content (AvgIpc) is 3.34. The highest BCUT2D eigenvalue weighted by Gasteiger charge is 2.28. The maximum Gasteiger partial charge on any atom is 0.266 e. The molecule has 1 saturated heterocycles. The van der Waals surface area contributed by atoms with Crippen molar-refractivity contribution in [2.45, 2.75) is 57.7 Å². The zero-order valence-corrected chi connectivity index (χ0v) is 17.5. The Morgan fingerprint density at radius 2 is 2.00 bits per heavy atom. The van der Waals surface area contributed by atoms with Gasteiger partial charge in [-0.1, -0.05) is 0 Å². The van der Waals surface area contributed by atoms with Gasteiger partial charge in [-0.15, -0.1) is 0 Å². The molecule has 1 aliphatic carbocycles. The summed E-state index contributed by atoms with van der Waals surface area (Å²) >= 11 is 0. The first-order valence-electron chi connectivity index (χ1n) is 11.0. The van der Waals surface area contributed by atoms with Crippen LogP contribution < -0.4 is 5.56 Å². The molecule has 2 aliphatic rings. The van der Waals surface area contributed by atoms with Crippen LogP contribution >= 0.6 is 0 Å². The smallest absolute Gasteiger partial charge is 0.266 e. The van der Waals surface area contributed by atoms with Gasteiger partial charge in [0.05, 0.1) is 23.6 Å². The summed E-state index contributed by atoms with van der Waals surface area (Å²) in [5, 5.41) is 9.42. The molecular weight excluding hydrogens is 376 g/mol. The van der Waals surface area contributed by atoms with Crippen LogP contribution in [0.25, 0.3) is 11.3 Å². The fourth-order valence-corrected chi connectivity index (χ4v) is 4.90. The molecule has 7 heteroatoms. The van der Waals surface area contributed by atoms with Crippen LogP contribution in [-0.2, 0) is 33.0 Å². The maximum absolute atomic E-state index is 12.5. The van der Waals surface area contributed by atoms with Gasteiger partial charge in [0, 0.05) is 43.7 Å². The molecule has 1 aliphatic heterocycles. The summed E-state index contributed by atoms with van der Waals surface area (Å²) in [6.07, 6.45) is 10.5. The molecular formula is C23H28N6O. The lowest BCUT2D eigenvalue weighted by molar-refractivity contribution is 0.211. The third-order valence-corrected chi connectivity index (χ3v) is 6.51. The Bertz CT molecular complexity index is 1090. The molecule has 1 unspecified atom stereocenters. The van der Waals surface area contributed by atoms with Gasteiger partial charge in [-0.2, -0.15) is 10.2 Å². The number of aryl methyl sites for hydroxylation is 2. The molecule has 0 bridgehead atoms. The number of aromatic nitrogens is 5. The van der Waals surface area contributed by atoms with Gasteiger partial charge in [0.2, 0.25) is 0 Å². The summed E-state index contributed by atoms with van der Waals surface area (Å²) in [4.78, 5) is 19.2. The van der Waals surface area contributed by atoms with E-state index in [9.17, 15) is 4.79 Å². The number of nitrogens with zero attached hydrogens (tertiary/aromatic N) is 6. The van der Waals surface area contributed by atoms with Gasteiger partial charge in [-0.05, 0) is 68.8 Å². The van der Waals surface area contributed by atoms with Crippen LogP contribution in [0.1, 0.15) is 42.6 Å². The highest BCUT2D eigenvalue weighted by molar-refractivity contribution is 5.56. The van der Waals surface area contributed by atoms with Gasteiger partial charge < -0.3 is 0 Å². The molecule has 4 heterocycles. The molecule has 0 amide bonds. The van der Waals surface area contributed by atoms with Crippen molar-refractivity contribution in [1.29, 1.82) is 0 Å². The van der Waals surface area contributed by atoms with Crippen LogP contribution in [0.2, 0.25) is 0 Å². The van der Waals surface area contributed by atoms with E-state index in [4.69, 9.17) is 5.10 Å². The second kappa shape index (κ2) is 8.14. The minimum absolute atomic E-state index is 0.0487. The first-order valence-corrected chi connectivity index (χ1v) is 11.0. The van der Waals surface area contributed by atoms with Gasteiger partial charge in [0.1, 0.15) is 0 Å². The first kappa shape index (κ1) is 19.2. The molecule has 7 nitrogen and oxygen atoms in total.